The molecule has 0 saturated carbocycles. The van der Waals surface area contributed by atoms with Gasteiger partial charge < -0.3 is 18.3 Å². The molecule has 0 aliphatic heterocycles. The monoisotopic (exact) mass is 716 g/mol. The highest BCUT2D eigenvalue weighted by Crippen LogP contribution is 2.45. The van der Waals surface area contributed by atoms with Gasteiger partial charge in [-0.2, -0.15) is 0 Å². The van der Waals surface area contributed by atoms with Crippen molar-refractivity contribution in [2.75, 3.05) is 4.90 Å². The first-order valence-electron chi connectivity index (χ1n) is 19.0. The van der Waals surface area contributed by atoms with E-state index in [2.05, 4.69) is 191 Å². The molecule has 0 bridgehead atoms. The van der Waals surface area contributed by atoms with Gasteiger partial charge in [0.05, 0.1) is 22.1 Å². The average molecular weight is 717 g/mol. The Hall–Kier alpha value is -7.56. The number of hydrogen-bond acceptors (Lipinski definition) is 3. The van der Waals surface area contributed by atoms with Crippen molar-refractivity contribution < 1.29 is 8.83 Å². The summed E-state index contributed by atoms with van der Waals surface area (Å²) in [4.78, 5) is 2.36. The third-order valence-corrected chi connectivity index (χ3v) is 11.4. The van der Waals surface area contributed by atoms with Gasteiger partial charge >= 0.3 is 0 Å². The van der Waals surface area contributed by atoms with Gasteiger partial charge in [-0.15, -0.1) is 0 Å². The van der Waals surface area contributed by atoms with Crippen molar-refractivity contribution in [3.05, 3.63) is 194 Å². The zero-order chi connectivity index (χ0) is 36.7. The highest BCUT2D eigenvalue weighted by molar-refractivity contribution is 6.20. The minimum absolute atomic E-state index is 0.857. The molecule has 4 heteroatoms. The Morgan fingerprint density at radius 3 is 1.71 bits per heavy atom. The van der Waals surface area contributed by atoms with Gasteiger partial charge in [0.15, 0.2) is 0 Å². The van der Waals surface area contributed by atoms with Crippen LogP contribution in [0.3, 0.4) is 0 Å². The summed E-state index contributed by atoms with van der Waals surface area (Å²) in [6, 6.07) is 69.0. The maximum absolute atomic E-state index is 6.68. The molecule has 0 unspecified atom stereocenters. The smallest absolute Gasteiger partial charge is 0.143 e. The third-order valence-electron chi connectivity index (χ3n) is 11.4. The van der Waals surface area contributed by atoms with E-state index in [1.54, 1.807) is 0 Å². The van der Waals surface area contributed by atoms with E-state index in [9.17, 15) is 0 Å². The summed E-state index contributed by atoms with van der Waals surface area (Å²) in [7, 11) is 0. The topological polar surface area (TPSA) is 34.5 Å². The van der Waals surface area contributed by atoms with Crippen molar-refractivity contribution >= 4 is 93.5 Å². The van der Waals surface area contributed by atoms with Crippen molar-refractivity contribution in [1.82, 2.24) is 4.57 Å². The summed E-state index contributed by atoms with van der Waals surface area (Å²) in [5.74, 6) is 0. The predicted octanol–water partition coefficient (Wildman–Crippen LogP) is 14.9. The van der Waals surface area contributed by atoms with Gasteiger partial charge in [-0.05, 0) is 95.4 Å². The SMILES string of the molecule is c1ccc2c(c1)ccc1c2oc2cccc(N(c3ccc(-c4cccc5oc6ccccc6c45)cc3)c3ccc(-n4c5ccccc5c5ccccc54)cc3)c21. The molecule has 0 N–H and O–H groups in total. The minimum atomic E-state index is 0.857. The number of fused-ring (bicyclic) bond motifs is 11. The van der Waals surface area contributed by atoms with Crippen LogP contribution >= 0.6 is 0 Å². The van der Waals surface area contributed by atoms with Crippen LogP contribution in [0.25, 0.3) is 93.3 Å². The van der Waals surface area contributed by atoms with Crippen molar-refractivity contribution in [1.29, 1.82) is 0 Å². The standard InChI is InChI=1S/C52H32N2O2/c1-2-12-39-33(11-1)25-32-43-51-46(19-10-22-49(51)56-52(39)43)53(35-26-23-34(24-27-35)38-16-9-21-48-50(38)42-15-5-8-20-47(42)55-48)36-28-30-37(31-29-36)54-44-17-6-3-13-40(44)41-14-4-7-18-45(41)54/h1-32H. The van der Waals surface area contributed by atoms with Gasteiger partial charge in [-0.3, -0.25) is 0 Å². The molecule has 4 nitrogen and oxygen atoms in total. The van der Waals surface area contributed by atoms with Crippen LogP contribution in [0.1, 0.15) is 0 Å². The normalized spacial score (nSPS) is 11.9. The largest absolute Gasteiger partial charge is 0.456 e. The van der Waals surface area contributed by atoms with Crippen LogP contribution in [-0.2, 0) is 0 Å². The second-order valence-electron chi connectivity index (χ2n) is 14.5. The number of furan rings is 2. The molecule has 262 valence electrons. The number of benzene rings is 9. The van der Waals surface area contributed by atoms with E-state index in [-0.39, 0.29) is 0 Å². The number of rotatable bonds is 5. The minimum Gasteiger partial charge on any atom is -0.456 e. The molecule has 56 heavy (non-hydrogen) atoms. The van der Waals surface area contributed by atoms with Crippen LogP contribution < -0.4 is 4.90 Å². The van der Waals surface area contributed by atoms with E-state index in [4.69, 9.17) is 8.83 Å². The lowest BCUT2D eigenvalue weighted by Gasteiger charge is -2.27. The molecule has 9 aromatic carbocycles. The Kier molecular flexibility index (Phi) is 6.60. The molecule has 0 aliphatic carbocycles. The first kappa shape index (κ1) is 30.9. The van der Waals surface area contributed by atoms with Crippen molar-refractivity contribution in [3.63, 3.8) is 0 Å². The predicted molar refractivity (Wildman–Crippen MR) is 233 cm³/mol. The highest BCUT2D eigenvalue weighted by atomic mass is 16.3. The van der Waals surface area contributed by atoms with Gasteiger partial charge in [0.2, 0.25) is 0 Å². The second kappa shape index (κ2) is 12.0. The van der Waals surface area contributed by atoms with Gasteiger partial charge in [0, 0.05) is 49.4 Å². The molecular formula is C52H32N2O2. The molecule has 0 saturated heterocycles. The quantitative estimate of drug-likeness (QED) is 0.178. The zero-order valence-corrected chi connectivity index (χ0v) is 30.2. The van der Waals surface area contributed by atoms with E-state index >= 15 is 0 Å². The van der Waals surface area contributed by atoms with Crippen LogP contribution in [0, 0.1) is 0 Å². The Balaban J connectivity index is 1.05. The summed E-state index contributed by atoms with van der Waals surface area (Å²) in [6.07, 6.45) is 0. The summed E-state index contributed by atoms with van der Waals surface area (Å²) >= 11 is 0. The molecule has 3 aromatic heterocycles. The lowest BCUT2D eigenvalue weighted by atomic mass is 9.99. The van der Waals surface area contributed by atoms with Crippen molar-refractivity contribution in [2.45, 2.75) is 0 Å². The van der Waals surface area contributed by atoms with Crippen LogP contribution in [0.2, 0.25) is 0 Å². The maximum atomic E-state index is 6.68. The van der Waals surface area contributed by atoms with Crippen LogP contribution in [0.4, 0.5) is 17.1 Å². The molecular weight excluding hydrogens is 685 g/mol. The number of nitrogens with zero attached hydrogens (tertiary/aromatic N) is 2. The molecule has 3 heterocycles. The van der Waals surface area contributed by atoms with E-state index in [1.807, 2.05) is 12.1 Å². The van der Waals surface area contributed by atoms with E-state index in [0.29, 0.717) is 0 Å². The number of para-hydroxylation sites is 3. The van der Waals surface area contributed by atoms with Gasteiger partial charge in [0.25, 0.3) is 0 Å². The lowest BCUT2D eigenvalue weighted by molar-refractivity contribution is 0.669. The van der Waals surface area contributed by atoms with Crippen LogP contribution in [0.5, 0.6) is 0 Å². The Morgan fingerprint density at radius 1 is 0.375 bits per heavy atom. The van der Waals surface area contributed by atoms with E-state index < -0.39 is 0 Å². The first-order valence-corrected chi connectivity index (χ1v) is 19.0. The number of anilines is 3. The van der Waals surface area contributed by atoms with Crippen molar-refractivity contribution in [3.8, 4) is 16.8 Å². The van der Waals surface area contributed by atoms with E-state index in [1.165, 1.54) is 21.8 Å². The van der Waals surface area contributed by atoms with Crippen LogP contribution in [-0.4, -0.2) is 4.57 Å². The molecule has 0 aliphatic rings. The molecule has 0 amide bonds. The molecule has 0 atom stereocenters. The summed E-state index contributed by atoms with van der Waals surface area (Å²) in [5.41, 5.74) is 12.5. The fourth-order valence-electron chi connectivity index (χ4n) is 8.91. The highest BCUT2D eigenvalue weighted by Gasteiger charge is 2.21. The molecule has 12 aromatic rings. The Labute approximate surface area is 321 Å². The second-order valence-corrected chi connectivity index (χ2v) is 14.5. The van der Waals surface area contributed by atoms with Crippen LogP contribution in [0.15, 0.2) is 203 Å². The Morgan fingerprint density at radius 2 is 0.964 bits per heavy atom. The molecule has 0 radical (unpaired) electrons. The first-order chi connectivity index (χ1) is 27.8. The fraction of sp³-hybridized carbons (Fsp3) is 0. The molecule has 0 fully saturated rings. The summed E-state index contributed by atoms with van der Waals surface area (Å²) in [6.45, 7) is 0. The van der Waals surface area contributed by atoms with E-state index in [0.717, 1.165) is 88.5 Å². The van der Waals surface area contributed by atoms with Crippen molar-refractivity contribution in [2.24, 2.45) is 0 Å². The molecule has 12 rings (SSSR count). The molecule has 0 spiro atoms. The lowest BCUT2D eigenvalue weighted by Crippen LogP contribution is -2.10. The van der Waals surface area contributed by atoms with Gasteiger partial charge in [-0.1, -0.05) is 115 Å². The average Bonchev–Trinajstić information content (AvgIpc) is 3.95. The number of aromatic nitrogens is 1. The summed E-state index contributed by atoms with van der Waals surface area (Å²) in [5, 5.41) is 9.20. The fourth-order valence-corrected chi connectivity index (χ4v) is 8.91. The summed E-state index contributed by atoms with van der Waals surface area (Å²) < 4.78 is 15.3. The Bertz CT molecular complexity index is 3420. The maximum Gasteiger partial charge on any atom is 0.143 e. The van der Waals surface area contributed by atoms with Gasteiger partial charge in [0.1, 0.15) is 22.3 Å². The van der Waals surface area contributed by atoms with Gasteiger partial charge in [-0.25, -0.2) is 0 Å². The third kappa shape index (κ3) is 4.53. The number of hydrogen-bond donors (Lipinski definition) is 0. The zero-order valence-electron chi connectivity index (χ0n) is 30.2.